The maximum Gasteiger partial charge on any atom is 0.491 e. The molecule has 0 saturated heterocycles. The second-order valence-corrected chi connectivity index (χ2v) is 2.45. The third kappa shape index (κ3) is 5.08. The van der Waals surface area contributed by atoms with Crippen molar-refractivity contribution in [1.82, 2.24) is 0 Å². The first-order valence-corrected chi connectivity index (χ1v) is 4.39. The molecule has 0 N–H and O–H groups in total. The van der Waals surface area contributed by atoms with Gasteiger partial charge < -0.3 is 14.2 Å². The molecule has 0 amide bonds. The normalized spacial score (nSPS) is 11.6. The Kier molecular flexibility index (Phi) is 5.97. The van der Waals surface area contributed by atoms with Crippen molar-refractivity contribution in [3.63, 3.8) is 0 Å². The fourth-order valence-electron chi connectivity index (χ4n) is 0.684. The lowest BCUT2D eigenvalue weighted by atomic mass is 10.6. The van der Waals surface area contributed by atoms with Crippen LogP contribution in [0.3, 0.4) is 0 Å². The number of hydrogen-bond donors (Lipinski definition) is 0. The molecule has 0 aromatic carbocycles. The average molecular weight is 244 g/mol. The second kappa shape index (κ2) is 6.44. The van der Waals surface area contributed by atoms with E-state index in [9.17, 15) is 22.8 Å². The zero-order valence-electron chi connectivity index (χ0n) is 8.67. The van der Waals surface area contributed by atoms with Crippen LogP contribution in [0.15, 0.2) is 0 Å². The van der Waals surface area contributed by atoms with Crippen molar-refractivity contribution in [2.75, 3.05) is 13.2 Å². The summed E-state index contributed by atoms with van der Waals surface area (Å²) >= 11 is 0. The van der Waals surface area contributed by atoms with Crippen LogP contribution in [0.1, 0.15) is 13.8 Å². The van der Waals surface area contributed by atoms with E-state index in [2.05, 4.69) is 14.2 Å². The summed E-state index contributed by atoms with van der Waals surface area (Å²) in [6.07, 6.45) is -6.85. The van der Waals surface area contributed by atoms with E-state index in [4.69, 9.17) is 0 Å². The number of alkyl halides is 3. The fraction of sp³-hybridized carbons (Fsp3) is 0.750. The predicted molar refractivity (Wildman–Crippen MR) is 44.2 cm³/mol. The van der Waals surface area contributed by atoms with Crippen LogP contribution in [0.5, 0.6) is 0 Å². The zero-order valence-corrected chi connectivity index (χ0v) is 8.67. The molecular weight excluding hydrogens is 233 g/mol. The van der Waals surface area contributed by atoms with E-state index in [1.807, 2.05) is 0 Å². The Balaban J connectivity index is 4.35. The third-order valence-electron chi connectivity index (χ3n) is 1.25. The van der Waals surface area contributed by atoms with Crippen LogP contribution in [0.4, 0.5) is 13.2 Å². The Hall–Kier alpha value is -1.15. The van der Waals surface area contributed by atoms with Crippen molar-refractivity contribution in [3.05, 3.63) is 0 Å². The topological polar surface area (TPSA) is 61.8 Å². The van der Waals surface area contributed by atoms with Crippen LogP contribution in [-0.2, 0) is 23.8 Å². The molecule has 8 heteroatoms. The smallest absolute Gasteiger partial charge is 0.383 e. The molecule has 0 heterocycles. The number of hydrogen-bond acceptors (Lipinski definition) is 5. The van der Waals surface area contributed by atoms with Gasteiger partial charge in [0.15, 0.2) is 0 Å². The minimum Gasteiger partial charge on any atom is -0.383 e. The molecular formula is C8H11F3O5. The van der Waals surface area contributed by atoms with Gasteiger partial charge in [-0.05, 0) is 13.8 Å². The Morgan fingerprint density at radius 2 is 1.56 bits per heavy atom. The molecule has 5 nitrogen and oxygen atoms in total. The summed E-state index contributed by atoms with van der Waals surface area (Å²) in [5.41, 5.74) is 0. The molecule has 0 unspecified atom stereocenters. The van der Waals surface area contributed by atoms with E-state index in [1.165, 1.54) is 13.8 Å². The molecule has 0 radical (unpaired) electrons. The van der Waals surface area contributed by atoms with Gasteiger partial charge in [0.2, 0.25) is 0 Å². The molecule has 0 aromatic heterocycles. The van der Waals surface area contributed by atoms with Gasteiger partial charge in [0.25, 0.3) is 6.29 Å². The van der Waals surface area contributed by atoms with E-state index in [0.29, 0.717) is 0 Å². The Bertz CT molecular complexity index is 245. The standard InChI is InChI=1S/C8H11F3O5/c1-3-14-6(15-4-2)5(12)16-7(13)8(9,10)11/h6H,3-4H2,1-2H3. The Morgan fingerprint density at radius 1 is 1.12 bits per heavy atom. The molecule has 16 heavy (non-hydrogen) atoms. The fourth-order valence-corrected chi connectivity index (χ4v) is 0.684. The first-order chi connectivity index (χ1) is 7.32. The summed E-state index contributed by atoms with van der Waals surface area (Å²) in [6.45, 7) is 3.07. The average Bonchev–Trinajstić information content (AvgIpc) is 2.15. The maximum atomic E-state index is 11.7. The van der Waals surface area contributed by atoms with Crippen LogP contribution in [0, 0.1) is 0 Å². The van der Waals surface area contributed by atoms with E-state index >= 15 is 0 Å². The number of halogens is 3. The molecule has 0 rings (SSSR count). The molecule has 0 saturated carbocycles. The largest absolute Gasteiger partial charge is 0.491 e. The molecule has 0 spiro atoms. The Morgan fingerprint density at radius 3 is 1.88 bits per heavy atom. The highest BCUT2D eigenvalue weighted by molar-refractivity contribution is 5.89. The maximum absolute atomic E-state index is 11.7. The summed E-state index contributed by atoms with van der Waals surface area (Å²) in [5, 5.41) is 0. The minimum atomic E-state index is -5.22. The Labute approximate surface area is 89.5 Å². The van der Waals surface area contributed by atoms with E-state index in [-0.39, 0.29) is 13.2 Å². The molecule has 0 aliphatic carbocycles. The summed E-state index contributed by atoms with van der Waals surface area (Å²) in [4.78, 5) is 21.3. The quantitative estimate of drug-likeness (QED) is 0.410. The molecule has 0 aliphatic rings. The highest BCUT2D eigenvalue weighted by Crippen LogP contribution is 2.17. The van der Waals surface area contributed by atoms with Gasteiger partial charge in [-0.3, -0.25) is 0 Å². The van der Waals surface area contributed by atoms with Crippen molar-refractivity contribution in [2.45, 2.75) is 26.3 Å². The summed E-state index contributed by atoms with van der Waals surface area (Å²) in [7, 11) is 0. The van der Waals surface area contributed by atoms with Gasteiger partial charge in [-0.2, -0.15) is 13.2 Å². The molecule has 0 aromatic rings. The van der Waals surface area contributed by atoms with Gasteiger partial charge in [-0.15, -0.1) is 0 Å². The summed E-state index contributed by atoms with van der Waals surface area (Å²) in [5.74, 6) is -4.12. The third-order valence-corrected chi connectivity index (χ3v) is 1.25. The summed E-state index contributed by atoms with van der Waals surface area (Å²) < 4.78 is 48.0. The van der Waals surface area contributed by atoms with Gasteiger partial charge in [0, 0.05) is 13.2 Å². The molecule has 94 valence electrons. The molecule has 0 aliphatic heterocycles. The number of esters is 2. The lowest BCUT2D eigenvalue weighted by molar-refractivity contribution is -0.217. The van der Waals surface area contributed by atoms with Crippen LogP contribution < -0.4 is 0 Å². The van der Waals surface area contributed by atoms with E-state index < -0.39 is 24.4 Å². The van der Waals surface area contributed by atoms with Crippen molar-refractivity contribution >= 4 is 11.9 Å². The van der Waals surface area contributed by atoms with Crippen molar-refractivity contribution in [3.8, 4) is 0 Å². The lowest BCUT2D eigenvalue weighted by Gasteiger charge is -2.14. The van der Waals surface area contributed by atoms with Gasteiger partial charge in [-0.25, -0.2) is 9.59 Å². The van der Waals surface area contributed by atoms with Crippen molar-refractivity contribution < 1.29 is 37.0 Å². The number of rotatable bonds is 5. The van der Waals surface area contributed by atoms with E-state index in [0.717, 1.165) is 0 Å². The van der Waals surface area contributed by atoms with E-state index in [1.54, 1.807) is 0 Å². The van der Waals surface area contributed by atoms with Crippen LogP contribution >= 0.6 is 0 Å². The highest BCUT2D eigenvalue weighted by Gasteiger charge is 2.43. The minimum absolute atomic E-state index is 0.0278. The monoisotopic (exact) mass is 244 g/mol. The van der Waals surface area contributed by atoms with Crippen LogP contribution in [0.2, 0.25) is 0 Å². The molecule has 0 bridgehead atoms. The van der Waals surface area contributed by atoms with Crippen LogP contribution in [0.25, 0.3) is 0 Å². The lowest BCUT2D eigenvalue weighted by Crippen LogP contribution is -2.35. The molecule has 0 fully saturated rings. The van der Waals surface area contributed by atoms with Crippen molar-refractivity contribution in [1.29, 1.82) is 0 Å². The zero-order chi connectivity index (χ0) is 12.8. The number of carbonyl (C=O) groups is 2. The first-order valence-electron chi connectivity index (χ1n) is 4.39. The predicted octanol–water partition coefficient (Wildman–Crippen LogP) is 1.02. The molecule has 0 atom stereocenters. The van der Waals surface area contributed by atoms with Gasteiger partial charge in [0.05, 0.1) is 0 Å². The van der Waals surface area contributed by atoms with Crippen molar-refractivity contribution in [2.24, 2.45) is 0 Å². The second-order valence-electron chi connectivity index (χ2n) is 2.45. The van der Waals surface area contributed by atoms with Gasteiger partial charge in [-0.1, -0.05) is 0 Å². The number of carbonyl (C=O) groups excluding carboxylic acids is 2. The number of ether oxygens (including phenoxy) is 3. The van der Waals surface area contributed by atoms with Gasteiger partial charge >= 0.3 is 18.1 Å². The SMILES string of the molecule is CCOC(OCC)C(=O)OC(=O)C(F)(F)F. The van der Waals surface area contributed by atoms with Crippen LogP contribution in [-0.4, -0.2) is 37.6 Å². The highest BCUT2D eigenvalue weighted by atomic mass is 19.4. The summed E-state index contributed by atoms with van der Waals surface area (Å²) in [6, 6.07) is 0. The first kappa shape index (κ1) is 14.8. The van der Waals surface area contributed by atoms with Gasteiger partial charge in [0.1, 0.15) is 0 Å².